The highest BCUT2D eigenvalue weighted by molar-refractivity contribution is 5.67. The highest BCUT2D eigenvalue weighted by Crippen LogP contribution is 2.23. The first-order valence-electron chi connectivity index (χ1n) is 4.91. The molecule has 0 spiro atoms. The number of aliphatic carboxylic acids is 2. The Morgan fingerprint density at radius 1 is 1.21 bits per heavy atom. The second-order valence-corrected chi connectivity index (χ2v) is 3.68. The molecule has 4 heteroatoms. The van der Waals surface area contributed by atoms with Crippen LogP contribution in [0.25, 0.3) is 0 Å². The number of hydrogen-bond acceptors (Lipinski definition) is 2. The minimum atomic E-state index is -0.814. The first-order valence-corrected chi connectivity index (χ1v) is 4.91. The summed E-state index contributed by atoms with van der Waals surface area (Å²) in [4.78, 5) is 20.8. The van der Waals surface area contributed by atoms with Crippen LogP contribution in [0.1, 0.15) is 39.5 Å². The fourth-order valence-electron chi connectivity index (χ4n) is 1.64. The van der Waals surface area contributed by atoms with Gasteiger partial charge in [0.15, 0.2) is 0 Å². The normalized spacial score (nSPS) is 14.7. The summed E-state index contributed by atoms with van der Waals surface area (Å²) in [6.07, 6.45) is 1.66. The van der Waals surface area contributed by atoms with Crippen LogP contribution < -0.4 is 0 Å². The lowest BCUT2D eigenvalue weighted by atomic mass is 9.85. The third kappa shape index (κ3) is 5.56. The zero-order valence-electron chi connectivity index (χ0n) is 8.69. The van der Waals surface area contributed by atoms with Crippen LogP contribution in [0.15, 0.2) is 0 Å². The average molecular weight is 202 g/mol. The fraction of sp³-hybridized carbons (Fsp3) is 0.800. The Hall–Kier alpha value is -1.06. The Bertz CT molecular complexity index is 200. The molecule has 0 saturated heterocycles. The van der Waals surface area contributed by atoms with Crippen LogP contribution in [-0.4, -0.2) is 22.2 Å². The van der Waals surface area contributed by atoms with E-state index in [0.717, 1.165) is 6.42 Å². The third-order valence-corrected chi connectivity index (χ3v) is 2.55. The van der Waals surface area contributed by atoms with Crippen LogP contribution in [0.5, 0.6) is 0 Å². The van der Waals surface area contributed by atoms with Crippen LogP contribution in [0.4, 0.5) is 0 Å². The zero-order valence-corrected chi connectivity index (χ0v) is 8.69. The summed E-state index contributed by atoms with van der Waals surface area (Å²) in [7, 11) is 0. The molecular weight excluding hydrogens is 184 g/mol. The Morgan fingerprint density at radius 2 is 1.79 bits per heavy atom. The van der Waals surface area contributed by atoms with E-state index in [1.165, 1.54) is 0 Å². The van der Waals surface area contributed by atoms with Crippen molar-refractivity contribution in [2.24, 2.45) is 11.8 Å². The van der Waals surface area contributed by atoms with E-state index in [1.807, 2.05) is 13.8 Å². The molecule has 0 aliphatic heterocycles. The molecule has 0 aromatic carbocycles. The lowest BCUT2D eigenvalue weighted by molar-refractivity contribution is -0.138. The van der Waals surface area contributed by atoms with Crippen LogP contribution in [0, 0.1) is 11.8 Å². The molecule has 0 fully saturated rings. The van der Waals surface area contributed by atoms with E-state index in [0.29, 0.717) is 6.42 Å². The van der Waals surface area contributed by atoms with Crippen molar-refractivity contribution >= 4 is 11.9 Å². The number of carbonyl (C=O) groups is 2. The van der Waals surface area contributed by atoms with Gasteiger partial charge in [-0.25, -0.2) is 0 Å². The summed E-state index contributed by atoms with van der Waals surface area (Å²) in [6.45, 7) is 3.83. The molecule has 0 bridgehead atoms. The van der Waals surface area contributed by atoms with Crippen molar-refractivity contribution in [3.8, 4) is 0 Å². The van der Waals surface area contributed by atoms with Gasteiger partial charge in [-0.05, 0) is 18.3 Å². The Balaban J connectivity index is 3.98. The molecule has 0 saturated carbocycles. The molecule has 14 heavy (non-hydrogen) atoms. The van der Waals surface area contributed by atoms with Crippen LogP contribution >= 0.6 is 0 Å². The van der Waals surface area contributed by atoms with E-state index in [9.17, 15) is 9.59 Å². The van der Waals surface area contributed by atoms with E-state index < -0.39 is 11.9 Å². The van der Waals surface area contributed by atoms with Crippen molar-refractivity contribution in [3.05, 3.63) is 0 Å². The number of carboxylic acids is 2. The highest BCUT2D eigenvalue weighted by atomic mass is 16.4. The van der Waals surface area contributed by atoms with Gasteiger partial charge in [0.2, 0.25) is 0 Å². The summed E-state index contributed by atoms with van der Waals surface area (Å²) in [6, 6.07) is 0. The molecule has 82 valence electrons. The van der Waals surface area contributed by atoms with Gasteiger partial charge in [0.25, 0.3) is 0 Å². The summed E-state index contributed by atoms with van der Waals surface area (Å²) >= 11 is 0. The van der Waals surface area contributed by atoms with Crippen molar-refractivity contribution in [2.75, 3.05) is 0 Å². The maximum atomic E-state index is 10.5. The zero-order chi connectivity index (χ0) is 11.1. The molecule has 0 aliphatic rings. The molecule has 0 rings (SSSR count). The lowest BCUT2D eigenvalue weighted by Crippen LogP contribution is -2.16. The molecule has 2 unspecified atom stereocenters. The van der Waals surface area contributed by atoms with Crippen LogP contribution in [0.3, 0.4) is 0 Å². The summed E-state index contributed by atoms with van der Waals surface area (Å²) in [5, 5.41) is 17.1. The molecule has 2 atom stereocenters. The lowest BCUT2D eigenvalue weighted by Gasteiger charge is -2.20. The van der Waals surface area contributed by atoms with E-state index in [4.69, 9.17) is 10.2 Å². The molecule has 0 aromatic heterocycles. The second kappa shape index (κ2) is 6.40. The van der Waals surface area contributed by atoms with Crippen molar-refractivity contribution in [2.45, 2.75) is 39.5 Å². The Kier molecular flexibility index (Phi) is 5.92. The second-order valence-electron chi connectivity index (χ2n) is 3.68. The van der Waals surface area contributed by atoms with Crippen LogP contribution in [-0.2, 0) is 9.59 Å². The van der Waals surface area contributed by atoms with Crippen LogP contribution in [0.2, 0.25) is 0 Å². The van der Waals surface area contributed by atoms with Gasteiger partial charge in [0.1, 0.15) is 0 Å². The minimum absolute atomic E-state index is 0.0526. The fourth-order valence-corrected chi connectivity index (χ4v) is 1.64. The number of rotatable bonds is 7. The Morgan fingerprint density at radius 3 is 2.14 bits per heavy atom. The predicted molar refractivity (Wildman–Crippen MR) is 52.1 cm³/mol. The average Bonchev–Trinajstić information content (AvgIpc) is 2.03. The van der Waals surface area contributed by atoms with E-state index in [1.54, 1.807) is 0 Å². The quantitative estimate of drug-likeness (QED) is 0.662. The van der Waals surface area contributed by atoms with Gasteiger partial charge in [-0.3, -0.25) is 9.59 Å². The van der Waals surface area contributed by atoms with Crippen molar-refractivity contribution in [3.63, 3.8) is 0 Å². The topological polar surface area (TPSA) is 74.6 Å². The molecule has 2 N–H and O–H groups in total. The van der Waals surface area contributed by atoms with Gasteiger partial charge >= 0.3 is 11.9 Å². The van der Waals surface area contributed by atoms with Crippen molar-refractivity contribution in [1.29, 1.82) is 0 Å². The summed E-state index contributed by atoms with van der Waals surface area (Å²) < 4.78 is 0. The van der Waals surface area contributed by atoms with Gasteiger partial charge < -0.3 is 10.2 Å². The highest BCUT2D eigenvalue weighted by Gasteiger charge is 2.18. The standard InChI is InChI=1S/C10H18O4/c1-3-8(4-5-9(11)12)7(2)6-10(13)14/h7-8H,3-6H2,1-2H3,(H,11,12)(H,13,14). The minimum Gasteiger partial charge on any atom is -0.481 e. The van der Waals surface area contributed by atoms with E-state index in [-0.39, 0.29) is 24.7 Å². The van der Waals surface area contributed by atoms with E-state index in [2.05, 4.69) is 0 Å². The number of carboxylic acid groups (broad SMARTS) is 2. The molecule has 0 radical (unpaired) electrons. The molecule has 0 amide bonds. The summed E-state index contributed by atoms with van der Waals surface area (Å²) in [5.41, 5.74) is 0. The first kappa shape index (κ1) is 12.9. The van der Waals surface area contributed by atoms with Crippen molar-refractivity contribution < 1.29 is 19.8 Å². The monoisotopic (exact) mass is 202 g/mol. The molecule has 4 nitrogen and oxygen atoms in total. The first-order chi connectivity index (χ1) is 6.47. The van der Waals surface area contributed by atoms with E-state index >= 15 is 0 Å². The molecule has 0 aromatic rings. The predicted octanol–water partition coefficient (Wildman–Crippen LogP) is 1.99. The Labute approximate surface area is 83.9 Å². The van der Waals surface area contributed by atoms with Gasteiger partial charge in [-0.2, -0.15) is 0 Å². The number of hydrogen-bond donors (Lipinski definition) is 2. The maximum Gasteiger partial charge on any atom is 0.303 e. The largest absolute Gasteiger partial charge is 0.481 e. The third-order valence-electron chi connectivity index (χ3n) is 2.55. The van der Waals surface area contributed by atoms with Gasteiger partial charge in [-0.15, -0.1) is 0 Å². The van der Waals surface area contributed by atoms with Gasteiger partial charge in [0.05, 0.1) is 0 Å². The molecule has 0 aliphatic carbocycles. The smallest absolute Gasteiger partial charge is 0.303 e. The van der Waals surface area contributed by atoms with Gasteiger partial charge in [0, 0.05) is 12.8 Å². The van der Waals surface area contributed by atoms with Gasteiger partial charge in [-0.1, -0.05) is 20.3 Å². The SMILES string of the molecule is CCC(CCC(=O)O)C(C)CC(=O)O. The molecule has 0 heterocycles. The summed E-state index contributed by atoms with van der Waals surface area (Å²) in [5.74, 6) is -1.38. The molecular formula is C10H18O4. The van der Waals surface area contributed by atoms with Crippen molar-refractivity contribution in [1.82, 2.24) is 0 Å². The maximum absolute atomic E-state index is 10.5.